The van der Waals surface area contributed by atoms with E-state index in [-0.39, 0.29) is 29.6 Å². The Kier molecular flexibility index (Phi) is 3.48. The second-order valence-corrected chi connectivity index (χ2v) is 5.79. The Morgan fingerprint density at radius 3 is 2.60 bits per heavy atom. The molecule has 0 aliphatic carbocycles. The van der Waals surface area contributed by atoms with E-state index in [1.807, 2.05) is 0 Å². The minimum atomic E-state index is -1.26. The largest absolute Gasteiger partial charge is 1.00 e. The van der Waals surface area contributed by atoms with Crippen molar-refractivity contribution in [3.8, 4) is 0 Å². The first-order valence-electron chi connectivity index (χ1n) is 4.25. The van der Waals surface area contributed by atoms with Gasteiger partial charge in [-0.05, 0) is 13.8 Å². The molecule has 0 bridgehead atoms. The van der Waals surface area contributed by atoms with Gasteiger partial charge in [-0.1, -0.05) is 0 Å². The average Bonchev–Trinajstić information content (AvgIpc) is 2.34. The fourth-order valence-corrected chi connectivity index (χ4v) is 3.52. The number of thioether (sulfide) groups is 1. The maximum absolute atomic E-state index is 11.2. The predicted molar refractivity (Wildman–Crippen MR) is 47.1 cm³/mol. The van der Waals surface area contributed by atoms with Crippen LogP contribution in [0.5, 0.6) is 0 Å². The van der Waals surface area contributed by atoms with Gasteiger partial charge in [0.2, 0.25) is 0 Å². The average molecular weight is 239 g/mol. The molecule has 2 aliphatic heterocycles. The van der Waals surface area contributed by atoms with Gasteiger partial charge in [-0.3, -0.25) is 4.79 Å². The zero-order valence-corrected chi connectivity index (χ0v) is 11.6. The minimum Gasteiger partial charge on any atom is -0.548 e. The van der Waals surface area contributed by atoms with Crippen LogP contribution in [0.1, 0.15) is 13.8 Å². The summed E-state index contributed by atoms with van der Waals surface area (Å²) in [6.45, 7) is 3.47. The molecule has 1 N–H and O–H groups in total. The zero-order chi connectivity index (χ0) is 10.7. The van der Waals surface area contributed by atoms with Gasteiger partial charge in [0.05, 0.1) is 12.0 Å². The first kappa shape index (κ1) is 13.3. The van der Waals surface area contributed by atoms with Crippen molar-refractivity contribution in [1.82, 2.24) is 4.90 Å². The quantitative estimate of drug-likeness (QED) is 0.367. The molecule has 0 saturated carbocycles. The Labute approximate surface area is 113 Å². The number of nitrogens with zero attached hydrogens (tertiary/aromatic N) is 1. The SMILES string of the molecule is CC1(C)S[C@@H]2[C@H](O)C(=O)N2[C@H]1C(=O)[O-].[Na+]. The molecule has 0 radical (unpaired) electrons. The van der Waals surface area contributed by atoms with E-state index in [9.17, 15) is 19.8 Å². The molecule has 5 nitrogen and oxygen atoms in total. The molecular formula is C8H10NNaO4S. The molecular weight excluding hydrogens is 229 g/mol. The fourth-order valence-electron chi connectivity index (χ4n) is 1.97. The minimum absolute atomic E-state index is 0. The maximum Gasteiger partial charge on any atom is 1.00 e. The number of β-lactam (4-membered cyclic amide) rings is 1. The van der Waals surface area contributed by atoms with Crippen molar-refractivity contribution >= 4 is 23.6 Å². The van der Waals surface area contributed by atoms with Crippen molar-refractivity contribution in [3.05, 3.63) is 0 Å². The number of aliphatic hydroxyl groups is 1. The van der Waals surface area contributed by atoms with Gasteiger partial charge in [0.1, 0.15) is 5.37 Å². The number of rotatable bonds is 1. The molecule has 78 valence electrons. The van der Waals surface area contributed by atoms with Crippen LogP contribution in [0.4, 0.5) is 0 Å². The first-order chi connectivity index (χ1) is 6.36. The smallest absolute Gasteiger partial charge is 0.548 e. The molecule has 1 amide bonds. The molecule has 0 aromatic carbocycles. The number of carbonyl (C=O) groups is 2. The van der Waals surface area contributed by atoms with Crippen LogP contribution in [0, 0.1) is 0 Å². The summed E-state index contributed by atoms with van der Waals surface area (Å²) < 4.78 is -0.601. The van der Waals surface area contributed by atoms with E-state index in [1.54, 1.807) is 13.8 Å². The number of hydrogen-bond donors (Lipinski definition) is 1. The Morgan fingerprint density at radius 2 is 2.13 bits per heavy atom. The van der Waals surface area contributed by atoms with Gasteiger partial charge in [-0.2, -0.15) is 0 Å². The summed E-state index contributed by atoms with van der Waals surface area (Å²) >= 11 is 1.30. The Balaban J connectivity index is 0.00000112. The normalized spacial score (nSPS) is 36.6. The van der Waals surface area contributed by atoms with E-state index < -0.39 is 34.1 Å². The summed E-state index contributed by atoms with van der Waals surface area (Å²) in [6, 6.07) is -0.937. The van der Waals surface area contributed by atoms with Crippen LogP contribution in [0.15, 0.2) is 0 Å². The standard InChI is InChI=1S/C8H11NO4S.Na/c1-8(2)4(7(12)13)9-5(11)3(10)6(9)14-8;/h3-4,6,10H,1-2H3,(H,12,13);/q;+1/p-1/t3-,4+,6-;/m1./s1. The zero-order valence-electron chi connectivity index (χ0n) is 8.76. The van der Waals surface area contributed by atoms with E-state index in [0.717, 1.165) is 0 Å². The van der Waals surface area contributed by atoms with Crippen molar-refractivity contribution in [2.75, 3.05) is 0 Å². The van der Waals surface area contributed by atoms with Gasteiger partial charge in [0.15, 0.2) is 6.10 Å². The van der Waals surface area contributed by atoms with Crippen LogP contribution in [-0.2, 0) is 9.59 Å². The van der Waals surface area contributed by atoms with Crippen molar-refractivity contribution < 1.29 is 49.4 Å². The number of carboxylic acids is 1. The van der Waals surface area contributed by atoms with Gasteiger partial charge in [-0.15, -0.1) is 11.8 Å². The molecule has 2 saturated heterocycles. The molecule has 2 aliphatic rings. The van der Waals surface area contributed by atoms with Gasteiger partial charge < -0.3 is 19.9 Å². The maximum atomic E-state index is 11.2. The number of carbonyl (C=O) groups excluding carboxylic acids is 2. The van der Waals surface area contributed by atoms with Crippen molar-refractivity contribution in [2.24, 2.45) is 0 Å². The Morgan fingerprint density at radius 1 is 1.60 bits per heavy atom. The molecule has 0 aromatic rings. The summed E-state index contributed by atoms with van der Waals surface area (Å²) in [6.07, 6.45) is -1.05. The van der Waals surface area contributed by atoms with Crippen LogP contribution < -0.4 is 34.7 Å². The van der Waals surface area contributed by atoms with Gasteiger partial charge in [0, 0.05) is 4.75 Å². The molecule has 2 heterocycles. The number of hydrogen-bond acceptors (Lipinski definition) is 5. The van der Waals surface area contributed by atoms with Crippen molar-refractivity contribution in [2.45, 2.75) is 36.1 Å². The molecule has 0 spiro atoms. The second kappa shape index (κ2) is 3.92. The number of carboxylic acid groups (broad SMARTS) is 1. The van der Waals surface area contributed by atoms with Gasteiger partial charge in [0.25, 0.3) is 5.91 Å². The summed E-state index contributed by atoms with van der Waals surface area (Å²) in [5.41, 5.74) is 0. The first-order valence-corrected chi connectivity index (χ1v) is 5.13. The van der Waals surface area contributed by atoms with E-state index in [4.69, 9.17) is 0 Å². The third-order valence-corrected chi connectivity index (χ3v) is 4.19. The Bertz CT molecular complexity index is 322. The number of aliphatic hydroxyl groups excluding tert-OH is 1. The number of amides is 1. The molecule has 7 heteroatoms. The number of fused-ring (bicyclic) bond motifs is 1. The van der Waals surface area contributed by atoms with Crippen LogP contribution in [0.2, 0.25) is 0 Å². The fraction of sp³-hybridized carbons (Fsp3) is 0.750. The summed E-state index contributed by atoms with van der Waals surface area (Å²) in [5, 5.41) is 19.7. The van der Waals surface area contributed by atoms with Gasteiger partial charge in [-0.25, -0.2) is 0 Å². The van der Waals surface area contributed by atoms with Crippen LogP contribution in [0.25, 0.3) is 0 Å². The van der Waals surface area contributed by atoms with Gasteiger partial charge >= 0.3 is 29.6 Å². The van der Waals surface area contributed by atoms with E-state index in [0.29, 0.717) is 0 Å². The molecule has 0 unspecified atom stereocenters. The predicted octanol–water partition coefficient (Wildman–Crippen LogP) is -4.84. The monoisotopic (exact) mass is 239 g/mol. The van der Waals surface area contributed by atoms with E-state index in [1.165, 1.54) is 16.7 Å². The summed E-state index contributed by atoms with van der Waals surface area (Å²) in [4.78, 5) is 23.3. The Hall–Kier alpha value is 0.250. The number of aliphatic carboxylic acids is 1. The van der Waals surface area contributed by atoms with Crippen LogP contribution >= 0.6 is 11.8 Å². The molecule has 15 heavy (non-hydrogen) atoms. The summed E-state index contributed by atoms with van der Waals surface area (Å²) in [5.74, 6) is -1.77. The molecule has 2 fully saturated rings. The van der Waals surface area contributed by atoms with Crippen molar-refractivity contribution in [1.29, 1.82) is 0 Å². The van der Waals surface area contributed by atoms with Crippen molar-refractivity contribution in [3.63, 3.8) is 0 Å². The summed E-state index contributed by atoms with van der Waals surface area (Å²) in [7, 11) is 0. The molecule has 0 aromatic heterocycles. The topological polar surface area (TPSA) is 80.7 Å². The third-order valence-electron chi connectivity index (χ3n) is 2.64. The molecule has 2 rings (SSSR count). The third kappa shape index (κ3) is 1.72. The van der Waals surface area contributed by atoms with E-state index in [2.05, 4.69) is 0 Å². The second-order valence-electron chi connectivity index (χ2n) is 4.02. The molecule has 3 atom stereocenters. The van der Waals surface area contributed by atoms with E-state index >= 15 is 0 Å². The van der Waals surface area contributed by atoms with Crippen LogP contribution in [0.3, 0.4) is 0 Å². The van der Waals surface area contributed by atoms with Crippen LogP contribution in [-0.4, -0.2) is 44.1 Å².